The van der Waals surface area contributed by atoms with Crippen LogP contribution in [-0.4, -0.2) is 41.1 Å². The second-order valence-corrected chi connectivity index (χ2v) is 7.89. The largest absolute Gasteiger partial charge is 0.471 e. The third kappa shape index (κ3) is 4.89. The van der Waals surface area contributed by atoms with Crippen LogP contribution in [0.1, 0.15) is 42.1 Å². The van der Waals surface area contributed by atoms with Gasteiger partial charge >= 0.3 is 12.1 Å². The summed E-state index contributed by atoms with van der Waals surface area (Å²) in [6.45, 7) is 0. The lowest BCUT2D eigenvalue weighted by molar-refractivity contribution is -0.159. The Labute approximate surface area is 152 Å². The molecule has 1 N–H and O–H groups in total. The maximum Gasteiger partial charge on any atom is 0.471 e. The number of carbonyl (C=O) groups excluding carboxylic acids is 1. The van der Waals surface area contributed by atoms with E-state index in [-0.39, 0.29) is 23.1 Å². The van der Waals surface area contributed by atoms with Crippen LogP contribution >= 0.6 is 0 Å². The standard InChI is InChI=1S/C15H15F3N4O4S/c16-15(17,18)14-20-13(21-26-14)9-5-6-11(19-7-9)12(23)8-27(24,25)22-10-3-1-2-4-10/h5-7,10,22H,1-4,8H2. The summed E-state index contributed by atoms with van der Waals surface area (Å²) in [4.78, 5) is 19.1. The third-order valence-electron chi connectivity index (χ3n) is 4.00. The van der Waals surface area contributed by atoms with Crippen molar-refractivity contribution in [1.29, 1.82) is 0 Å². The van der Waals surface area contributed by atoms with Crippen LogP contribution in [0.25, 0.3) is 11.4 Å². The highest BCUT2D eigenvalue weighted by Gasteiger charge is 2.38. The summed E-state index contributed by atoms with van der Waals surface area (Å²) in [5.74, 6) is -3.32. The molecule has 12 heteroatoms. The van der Waals surface area contributed by atoms with E-state index >= 15 is 0 Å². The van der Waals surface area contributed by atoms with E-state index in [1.54, 1.807) is 0 Å². The number of carbonyl (C=O) groups is 1. The first kappa shape index (κ1) is 19.4. The van der Waals surface area contributed by atoms with Crippen molar-refractivity contribution in [2.24, 2.45) is 0 Å². The highest BCUT2D eigenvalue weighted by Crippen LogP contribution is 2.29. The van der Waals surface area contributed by atoms with Crippen LogP contribution in [0.3, 0.4) is 0 Å². The van der Waals surface area contributed by atoms with Gasteiger partial charge in [0.25, 0.3) is 0 Å². The molecule has 1 saturated carbocycles. The fourth-order valence-electron chi connectivity index (χ4n) is 2.73. The molecule has 146 valence electrons. The predicted octanol–water partition coefficient (Wildman–Crippen LogP) is 2.20. The Balaban J connectivity index is 1.67. The van der Waals surface area contributed by atoms with Crippen molar-refractivity contribution in [3.05, 3.63) is 29.9 Å². The number of alkyl halides is 3. The van der Waals surface area contributed by atoms with Gasteiger partial charge in [0.1, 0.15) is 11.4 Å². The van der Waals surface area contributed by atoms with Crippen LogP contribution in [0.5, 0.6) is 0 Å². The summed E-state index contributed by atoms with van der Waals surface area (Å²) in [5.41, 5.74) is -0.0344. The molecular formula is C15H15F3N4O4S. The van der Waals surface area contributed by atoms with Gasteiger partial charge in [0.15, 0.2) is 5.78 Å². The van der Waals surface area contributed by atoms with Crippen molar-refractivity contribution in [3.63, 3.8) is 0 Å². The summed E-state index contributed by atoms with van der Waals surface area (Å²) in [6, 6.07) is 2.31. The predicted molar refractivity (Wildman–Crippen MR) is 86.0 cm³/mol. The smallest absolute Gasteiger partial charge is 0.329 e. The van der Waals surface area contributed by atoms with Crippen molar-refractivity contribution >= 4 is 15.8 Å². The Morgan fingerprint density at radius 1 is 1.26 bits per heavy atom. The normalized spacial score (nSPS) is 16.0. The zero-order valence-corrected chi connectivity index (χ0v) is 14.7. The second-order valence-electron chi connectivity index (χ2n) is 6.13. The molecule has 0 aromatic carbocycles. The molecule has 0 unspecified atom stereocenters. The Morgan fingerprint density at radius 3 is 2.52 bits per heavy atom. The molecule has 1 aliphatic carbocycles. The molecule has 2 heterocycles. The zero-order valence-electron chi connectivity index (χ0n) is 13.9. The van der Waals surface area contributed by atoms with Gasteiger partial charge in [-0.1, -0.05) is 18.0 Å². The number of nitrogens with one attached hydrogen (secondary N) is 1. The molecule has 0 amide bonds. The van der Waals surface area contributed by atoms with Gasteiger partial charge in [-0.15, -0.1) is 0 Å². The van der Waals surface area contributed by atoms with Crippen LogP contribution in [0.4, 0.5) is 13.2 Å². The van der Waals surface area contributed by atoms with Crippen LogP contribution in [0.15, 0.2) is 22.9 Å². The lowest BCUT2D eigenvalue weighted by Gasteiger charge is -2.11. The number of pyridine rings is 1. The van der Waals surface area contributed by atoms with Crippen molar-refractivity contribution in [2.45, 2.75) is 37.9 Å². The molecule has 0 radical (unpaired) electrons. The number of sulfonamides is 1. The van der Waals surface area contributed by atoms with Gasteiger partial charge in [0.2, 0.25) is 15.8 Å². The van der Waals surface area contributed by atoms with E-state index in [2.05, 4.69) is 24.4 Å². The van der Waals surface area contributed by atoms with Crippen LogP contribution < -0.4 is 4.72 Å². The van der Waals surface area contributed by atoms with E-state index in [9.17, 15) is 26.4 Å². The van der Waals surface area contributed by atoms with Crippen LogP contribution in [-0.2, 0) is 16.2 Å². The summed E-state index contributed by atoms with van der Waals surface area (Å²) >= 11 is 0. The maximum atomic E-state index is 12.5. The first-order chi connectivity index (χ1) is 12.6. The molecule has 2 aromatic rings. The van der Waals surface area contributed by atoms with Crippen LogP contribution in [0, 0.1) is 0 Å². The van der Waals surface area contributed by atoms with Gasteiger partial charge in [-0.25, -0.2) is 13.1 Å². The van der Waals surface area contributed by atoms with Gasteiger partial charge in [-0.2, -0.15) is 18.2 Å². The molecule has 0 saturated heterocycles. The number of ketones is 1. The molecule has 0 bridgehead atoms. The zero-order chi connectivity index (χ0) is 19.7. The Kier molecular flexibility index (Phi) is 5.29. The summed E-state index contributed by atoms with van der Waals surface area (Å²) < 4.78 is 68.1. The van der Waals surface area contributed by atoms with E-state index in [1.165, 1.54) is 12.1 Å². The monoisotopic (exact) mass is 404 g/mol. The molecule has 2 aromatic heterocycles. The van der Waals surface area contributed by atoms with Gasteiger partial charge in [0.05, 0.1) is 0 Å². The van der Waals surface area contributed by atoms with Crippen molar-refractivity contribution in [3.8, 4) is 11.4 Å². The van der Waals surface area contributed by atoms with E-state index in [1.807, 2.05) is 0 Å². The molecule has 0 spiro atoms. The SMILES string of the molecule is O=C(CS(=O)(=O)NC1CCCC1)c1ccc(-c2noc(C(F)(F)F)n2)cn1. The fourth-order valence-corrected chi connectivity index (χ4v) is 4.05. The molecule has 0 aliphatic heterocycles. The highest BCUT2D eigenvalue weighted by atomic mass is 32.2. The van der Waals surface area contributed by atoms with E-state index in [0.29, 0.717) is 0 Å². The van der Waals surface area contributed by atoms with E-state index in [0.717, 1.165) is 31.9 Å². The number of Topliss-reactive ketones (excluding diaryl/α,β-unsaturated/α-hetero) is 1. The number of hydrogen-bond acceptors (Lipinski definition) is 7. The molecule has 0 atom stereocenters. The third-order valence-corrected chi connectivity index (χ3v) is 5.33. The van der Waals surface area contributed by atoms with Crippen molar-refractivity contribution in [2.75, 3.05) is 5.75 Å². The lowest BCUT2D eigenvalue weighted by Crippen LogP contribution is -2.36. The number of aromatic nitrogens is 3. The first-order valence-electron chi connectivity index (χ1n) is 8.04. The molecule has 3 rings (SSSR count). The summed E-state index contributed by atoms with van der Waals surface area (Å²) in [7, 11) is -3.79. The molecular weight excluding hydrogens is 389 g/mol. The van der Waals surface area contributed by atoms with Crippen molar-refractivity contribution in [1.82, 2.24) is 19.8 Å². The highest BCUT2D eigenvalue weighted by molar-refractivity contribution is 7.90. The molecule has 1 fully saturated rings. The number of rotatable bonds is 6. The fraction of sp³-hybridized carbons (Fsp3) is 0.467. The minimum atomic E-state index is -4.77. The average molecular weight is 404 g/mol. The molecule has 1 aliphatic rings. The van der Waals surface area contributed by atoms with Crippen LogP contribution in [0.2, 0.25) is 0 Å². The number of halogens is 3. The Bertz CT molecular complexity index is 919. The molecule has 8 nitrogen and oxygen atoms in total. The summed E-state index contributed by atoms with van der Waals surface area (Å²) in [5, 5.41) is 3.21. The first-order valence-corrected chi connectivity index (χ1v) is 9.70. The molecule has 27 heavy (non-hydrogen) atoms. The number of hydrogen-bond donors (Lipinski definition) is 1. The van der Waals surface area contributed by atoms with E-state index < -0.39 is 33.6 Å². The minimum absolute atomic E-state index is 0.0951. The second kappa shape index (κ2) is 7.35. The van der Waals surface area contributed by atoms with Gasteiger partial charge in [-0.05, 0) is 25.0 Å². The summed E-state index contributed by atoms with van der Waals surface area (Å²) in [6.07, 6.45) is -0.326. The topological polar surface area (TPSA) is 115 Å². The Hall–Kier alpha value is -2.34. The maximum absolute atomic E-state index is 12.5. The van der Waals surface area contributed by atoms with Crippen molar-refractivity contribution < 1.29 is 30.9 Å². The lowest BCUT2D eigenvalue weighted by atomic mass is 10.2. The van der Waals surface area contributed by atoms with Gasteiger partial charge < -0.3 is 4.52 Å². The quantitative estimate of drug-likeness (QED) is 0.734. The van der Waals surface area contributed by atoms with Gasteiger partial charge in [-0.3, -0.25) is 9.78 Å². The Morgan fingerprint density at radius 2 is 1.96 bits per heavy atom. The van der Waals surface area contributed by atoms with Gasteiger partial charge in [0, 0.05) is 17.8 Å². The average Bonchev–Trinajstić information content (AvgIpc) is 3.25. The number of nitrogens with zero attached hydrogens (tertiary/aromatic N) is 3. The van der Waals surface area contributed by atoms with E-state index in [4.69, 9.17) is 0 Å². The minimum Gasteiger partial charge on any atom is -0.329 e.